The van der Waals surface area contributed by atoms with Crippen molar-refractivity contribution in [2.24, 2.45) is 11.8 Å². The van der Waals surface area contributed by atoms with Crippen LogP contribution in [0.5, 0.6) is 5.75 Å². The molecule has 158 valence electrons. The zero-order chi connectivity index (χ0) is 21.5. The van der Waals surface area contributed by atoms with E-state index in [9.17, 15) is 13.2 Å². The largest absolute Gasteiger partial charge is 0.496 e. The highest BCUT2D eigenvalue weighted by molar-refractivity contribution is 7.92. The van der Waals surface area contributed by atoms with E-state index in [0.29, 0.717) is 30.6 Å². The highest BCUT2D eigenvalue weighted by Gasteiger charge is 2.66. The molecule has 1 aliphatic heterocycles. The van der Waals surface area contributed by atoms with Gasteiger partial charge < -0.3 is 9.64 Å². The van der Waals surface area contributed by atoms with Crippen LogP contribution >= 0.6 is 0 Å². The van der Waals surface area contributed by atoms with Gasteiger partial charge in [0, 0.05) is 35.8 Å². The van der Waals surface area contributed by atoms with Gasteiger partial charge in [-0.25, -0.2) is 8.42 Å². The van der Waals surface area contributed by atoms with Crippen molar-refractivity contribution >= 4 is 27.7 Å². The third kappa shape index (κ3) is 3.81. The lowest BCUT2D eigenvalue weighted by Gasteiger charge is -2.24. The molecule has 1 aliphatic carbocycles. The molecule has 6 nitrogen and oxygen atoms in total. The number of carbonyl (C=O) groups is 1. The van der Waals surface area contributed by atoms with Gasteiger partial charge in [0.1, 0.15) is 5.75 Å². The first kappa shape index (κ1) is 20.5. The first-order valence-corrected chi connectivity index (χ1v) is 11.8. The number of anilines is 1. The third-order valence-corrected chi connectivity index (χ3v) is 7.00. The lowest BCUT2D eigenvalue weighted by molar-refractivity contribution is -0.125. The van der Waals surface area contributed by atoms with Crippen LogP contribution in [-0.2, 0) is 20.2 Å². The average molecular weight is 427 g/mol. The molecule has 2 fully saturated rings. The molecule has 7 heteroatoms. The van der Waals surface area contributed by atoms with Gasteiger partial charge in [-0.05, 0) is 41.7 Å². The van der Waals surface area contributed by atoms with Gasteiger partial charge in [-0.1, -0.05) is 37.3 Å². The molecule has 1 saturated carbocycles. The summed E-state index contributed by atoms with van der Waals surface area (Å²) < 4.78 is 30.9. The molecule has 2 unspecified atom stereocenters. The maximum atomic E-state index is 12.7. The van der Waals surface area contributed by atoms with Gasteiger partial charge >= 0.3 is 0 Å². The molecule has 0 radical (unpaired) electrons. The van der Waals surface area contributed by atoms with E-state index in [1.165, 1.54) is 0 Å². The maximum absolute atomic E-state index is 12.7. The fourth-order valence-electron chi connectivity index (χ4n) is 4.69. The van der Waals surface area contributed by atoms with Crippen molar-refractivity contribution in [3.63, 3.8) is 0 Å². The molecule has 2 aliphatic rings. The van der Waals surface area contributed by atoms with Gasteiger partial charge in [-0.3, -0.25) is 9.52 Å². The first-order valence-electron chi connectivity index (χ1n) is 9.90. The molecule has 4 rings (SSSR count). The summed E-state index contributed by atoms with van der Waals surface area (Å²) in [5.74, 6) is 1.51. The fourth-order valence-corrected chi connectivity index (χ4v) is 5.25. The number of benzene rings is 2. The van der Waals surface area contributed by atoms with Crippen LogP contribution in [0.2, 0.25) is 0 Å². The lowest BCUT2D eigenvalue weighted by atomic mass is 9.92. The van der Waals surface area contributed by atoms with Gasteiger partial charge in [-0.2, -0.15) is 0 Å². The van der Waals surface area contributed by atoms with E-state index < -0.39 is 10.0 Å². The summed E-state index contributed by atoms with van der Waals surface area (Å²) in [7, 11) is -1.70. The average Bonchev–Trinajstić information content (AvgIpc) is 3.05. The van der Waals surface area contributed by atoms with Crippen LogP contribution in [-0.4, -0.2) is 45.7 Å². The summed E-state index contributed by atoms with van der Waals surface area (Å²) in [5.41, 5.74) is 2.53. The molecular formula is C23H26N2O4S. The zero-order valence-electron chi connectivity index (χ0n) is 17.3. The molecule has 1 amide bonds. The Balaban J connectivity index is 1.42. The number of nitrogens with one attached hydrogen (secondary N) is 1. The molecule has 1 N–H and O–H groups in total. The summed E-state index contributed by atoms with van der Waals surface area (Å²) in [6.45, 7) is 3.62. The van der Waals surface area contributed by atoms with Crippen LogP contribution in [0.1, 0.15) is 18.1 Å². The fraction of sp³-hybridized carbons (Fsp3) is 0.348. The highest BCUT2D eigenvalue weighted by atomic mass is 32.2. The Morgan fingerprint density at radius 3 is 2.53 bits per heavy atom. The van der Waals surface area contributed by atoms with Crippen molar-refractivity contribution in [2.45, 2.75) is 12.3 Å². The Morgan fingerprint density at radius 2 is 1.87 bits per heavy atom. The predicted octanol–water partition coefficient (Wildman–Crippen LogP) is 3.13. The van der Waals surface area contributed by atoms with E-state index in [0.717, 1.165) is 23.1 Å². The van der Waals surface area contributed by atoms with Crippen molar-refractivity contribution in [2.75, 3.05) is 31.2 Å². The smallest absolute Gasteiger partial charge is 0.246 e. The van der Waals surface area contributed by atoms with Gasteiger partial charge in [-0.15, -0.1) is 0 Å². The Bertz CT molecular complexity index is 1100. The zero-order valence-corrected chi connectivity index (χ0v) is 18.1. The number of ether oxygens (including phenoxy) is 1. The van der Waals surface area contributed by atoms with Crippen molar-refractivity contribution in [1.29, 1.82) is 0 Å². The van der Waals surface area contributed by atoms with Gasteiger partial charge in [0.15, 0.2) is 0 Å². The number of likely N-dealkylation sites (tertiary alicyclic amines) is 1. The number of rotatable bonds is 6. The minimum atomic E-state index is -3.31. The number of fused-ring (bicyclic) bond motifs is 1. The van der Waals surface area contributed by atoms with Crippen molar-refractivity contribution in [3.8, 4) is 5.75 Å². The van der Waals surface area contributed by atoms with Crippen LogP contribution in [0.4, 0.5) is 5.69 Å². The van der Waals surface area contributed by atoms with Crippen LogP contribution in [0.15, 0.2) is 54.6 Å². The Hall–Kier alpha value is -2.80. The highest BCUT2D eigenvalue weighted by Crippen LogP contribution is 2.63. The summed E-state index contributed by atoms with van der Waals surface area (Å²) in [6.07, 6.45) is 4.55. The number of hydrogen-bond acceptors (Lipinski definition) is 4. The van der Waals surface area contributed by atoms with E-state index in [1.807, 2.05) is 47.4 Å². The van der Waals surface area contributed by atoms with Crippen LogP contribution in [0.3, 0.4) is 0 Å². The second-order valence-corrected chi connectivity index (χ2v) is 10.0. The number of amides is 1. The van der Waals surface area contributed by atoms with Gasteiger partial charge in [0.25, 0.3) is 0 Å². The summed E-state index contributed by atoms with van der Waals surface area (Å²) in [5, 5.41) is 0. The monoisotopic (exact) mass is 426 g/mol. The SMILES string of the molecule is COc1ccccc1/C=C/C(=O)N1CC2C(C1)C2(C)c1cccc(NS(C)(=O)=O)c1. The Labute approximate surface area is 177 Å². The molecule has 2 aromatic rings. The van der Waals surface area contributed by atoms with Crippen molar-refractivity contribution < 1.29 is 17.9 Å². The number of hydrogen-bond donors (Lipinski definition) is 1. The minimum Gasteiger partial charge on any atom is -0.496 e. The molecule has 0 aromatic heterocycles. The molecule has 1 saturated heterocycles. The summed E-state index contributed by atoms with van der Waals surface area (Å²) in [6, 6.07) is 15.2. The normalized spacial score (nSPS) is 25.2. The summed E-state index contributed by atoms with van der Waals surface area (Å²) in [4.78, 5) is 14.6. The number of nitrogens with zero attached hydrogens (tertiary/aromatic N) is 1. The topological polar surface area (TPSA) is 75.7 Å². The standard InChI is InChI=1S/C23H26N2O4S/c1-23(17-8-6-9-18(13-17)24-30(3,27)28)19-14-25(15-20(19)23)22(26)12-11-16-7-4-5-10-21(16)29-2/h4-13,19-20,24H,14-15H2,1-3H3/b12-11+. The molecule has 0 spiro atoms. The molecule has 0 bridgehead atoms. The van der Waals surface area contributed by atoms with Gasteiger partial charge in [0.2, 0.25) is 15.9 Å². The lowest BCUT2D eigenvalue weighted by Crippen LogP contribution is -2.33. The van der Waals surface area contributed by atoms with E-state index in [2.05, 4.69) is 11.6 Å². The van der Waals surface area contributed by atoms with Crippen LogP contribution in [0, 0.1) is 11.8 Å². The molecular weight excluding hydrogens is 400 g/mol. The third-order valence-electron chi connectivity index (χ3n) is 6.40. The van der Waals surface area contributed by atoms with Crippen LogP contribution < -0.4 is 9.46 Å². The second kappa shape index (κ2) is 7.47. The number of piperidine rings is 1. The quantitative estimate of drug-likeness (QED) is 0.720. The van der Waals surface area contributed by atoms with Crippen LogP contribution in [0.25, 0.3) is 6.08 Å². The maximum Gasteiger partial charge on any atom is 0.246 e. The first-order chi connectivity index (χ1) is 14.2. The molecule has 2 atom stereocenters. The van der Waals surface area contributed by atoms with E-state index in [-0.39, 0.29) is 11.3 Å². The minimum absolute atomic E-state index is 0.00273. The van der Waals surface area contributed by atoms with E-state index in [4.69, 9.17) is 4.74 Å². The Kier molecular flexibility index (Phi) is 5.10. The number of sulfonamides is 1. The summed E-state index contributed by atoms with van der Waals surface area (Å²) >= 11 is 0. The molecule has 1 heterocycles. The number of carbonyl (C=O) groups excluding carboxylic acids is 1. The van der Waals surface area contributed by atoms with Gasteiger partial charge in [0.05, 0.1) is 13.4 Å². The van der Waals surface area contributed by atoms with Crippen molar-refractivity contribution in [3.05, 3.63) is 65.7 Å². The Morgan fingerprint density at radius 1 is 1.17 bits per heavy atom. The van der Waals surface area contributed by atoms with E-state index in [1.54, 1.807) is 25.3 Å². The predicted molar refractivity (Wildman–Crippen MR) is 118 cm³/mol. The van der Waals surface area contributed by atoms with E-state index >= 15 is 0 Å². The number of methoxy groups -OCH3 is 1. The molecule has 2 aromatic carbocycles. The second-order valence-electron chi connectivity index (χ2n) is 8.27. The van der Waals surface area contributed by atoms with Crippen molar-refractivity contribution in [1.82, 2.24) is 4.90 Å². The number of para-hydroxylation sites is 1. The molecule has 30 heavy (non-hydrogen) atoms.